The van der Waals surface area contributed by atoms with Crippen LogP contribution in [0.1, 0.15) is 72.2 Å². The topological polar surface area (TPSA) is 45.6 Å². The number of hydrogen-bond acceptors (Lipinski definition) is 3. The molecule has 3 aromatic carbocycles. The monoisotopic (exact) mass is 639 g/mol. The third-order valence-electron chi connectivity index (χ3n) is 11.6. The summed E-state index contributed by atoms with van der Waals surface area (Å²) in [6.07, 6.45) is 10.1. The van der Waals surface area contributed by atoms with Gasteiger partial charge in [0, 0.05) is 17.1 Å². The van der Waals surface area contributed by atoms with Crippen molar-refractivity contribution >= 4 is 46.6 Å². The molecule has 0 radical (unpaired) electrons. The van der Waals surface area contributed by atoms with Gasteiger partial charge in [-0.05, 0) is 172 Å². The van der Waals surface area contributed by atoms with Crippen molar-refractivity contribution in [1.29, 1.82) is 0 Å². The molecule has 47 heavy (non-hydrogen) atoms. The van der Waals surface area contributed by atoms with Gasteiger partial charge in [0.05, 0.1) is 11.4 Å². The van der Waals surface area contributed by atoms with Crippen LogP contribution in [0.15, 0.2) is 84.4 Å². The number of amides is 2. The summed E-state index contributed by atoms with van der Waals surface area (Å²) < 4.78 is 2.23. The number of anilines is 2. The van der Waals surface area contributed by atoms with E-state index >= 15 is 0 Å². The molecule has 5 aliphatic rings. The number of benzene rings is 3. The van der Waals surface area contributed by atoms with Crippen molar-refractivity contribution in [3.8, 4) is 5.69 Å². The summed E-state index contributed by atoms with van der Waals surface area (Å²) in [4.78, 5) is 31.3. The number of hydrogen-bond donors (Lipinski definition) is 0. The lowest BCUT2D eigenvalue weighted by Crippen LogP contribution is -2.57. The van der Waals surface area contributed by atoms with Gasteiger partial charge in [0.1, 0.15) is 5.57 Å². The predicted molar refractivity (Wildman–Crippen MR) is 193 cm³/mol. The van der Waals surface area contributed by atoms with Crippen molar-refractivity contribution in [3.63, 3.8) is 0 Å². The number of para-hydroxylation sites is 1. The quantitative estimate of drug-likeness (QED) is 0.124. The van der Waals surface area contributed by atoms with Gasteiger partial charge in [-0.15, -0.1) is 0 Å². The summed E-state index contributed by atoms with van der Waals surface area (Å²) >= 11 is 5.85. The third-order valence-corrected chi connectivity index (χ3v) is 11.9. The Kier molecular flexibility index (Phi) is 7.14. The molecule has 0 spiro atoms. The van der Waals surface area contributed by atoms with Crippen molar-refractivity contribution in [3.05, 3.63) is 118 Å². The fourth-order valence-electron chi connectivity index (χ4n) is 9.54. The summed E-state index contributed by atoms with van der Waals surface area (Å²) in [7, 11) is 0. The van der Waals surface area contributed by atoms with Gasteiger partial charge in [0.15, 0.2) is 5.11 Å². The zero-order valence-corrected chi connectivity index (χ0v) is 28.4. The maximum Gasteiger partial charge on any atom is 0.270 e. The summed E-state index contributed by atoms with van der Waals surface area (Å²) in [5.74, 6) is 1.90. The molecule has 0 atom stereocenters. The highest BCUT2D eigenvalue weighted by Crippen LogP contribution is 2.60. The van der Waals surface area contributed by atoms with Crippen LogP contribution in [0.3, 0.4) is 0 Å². The van der Waals surface area contributed by atoms with Crippen molar-refractivity contribution in [2.45, 2.75) is 71.6 Å². The lowest BCUT2D eigenvalue weighted by atomic mass is 9.48. The average Bonchev–Trinajstić information content (AvgIpc) is 3.33. The summed E-state index contributed by atoms with van der Waals surface area (Å²) in [6.45, 7) is 8.19. The van der Waals surface area contributed by atoms with E-state index in [4.69, 9.17) is 12.2 Å². The number of rotatable bonds is 5. The van der Waals surface area contributed by atoms with Crippen LogP contribution in [0.5, 0.6) is 0 Å². The molecule has 0 unspecified atom stereocenters. The highest BCUT2D eigenvalue weighted by Gasteiger charge is 2.51. The summed E-state index contributed by atoms with van der Waals surface area (Å²) in [5.41, 5.74) is 9.35. The van der Waals surface area contributed by atoms with Crippen molar-refractivity contribution in [2.75, 3.05) is 9.80 Å². The smallest absolute Gasteiger partial charge is 0.270 e. The Morgan fingerprint density at radius 3 is 1.85 bits per heavy atom. The van der Waals surface area contributed by atoms with Gasteiger partial charge in [0.25, 0.3) is 11.8 Å². The van der Waals surface area contributed by atoms with Crippen LogP contribution < -0.4 is 9.80 Å². The summed E-state index contributed by atoms with van der Waals surface area (Å²) in [5, 5.41) is 0.149. The molecule has 0 N–H and O–H groups in total. The number of nitrogens with zero attached hydrogens (tertiary/aromatic N) is 3. The molecule has 238 valence electrons. The minimum absolute atomic E-state index is 0.0816. The van der Waals surface area contributed by atoms with Crippen molar-refractivity contribution < 1.29 is 9.59 Å². The Morgan fingerprint density at radius 2 is 1.26 bits per heavy atom. The lowest BCUT2D eigenvalue weighted by Gasteiger charge is -2.57. The molecule has 5 fully saturated rings. The van der Waals surface area contributed by atoms with E-state index in [2.05, 4.69) is 48.7 Å². The van der Waals surface area contributed by atoms with Crippen LogP contribution >= 0.6 is 12.2 Å². The molecule has 4 bridgehead atoms. The van der Waals surface area contributed by atoms with Gasteiger partial charge in [-0.25, -0.2) is 0 Å². The van der Waals surface area contributed by atoms with E-state index in [1.54, 1.807) is 6.08 Å². The van der Waals surface area contributed by atoms with Crippen LogP contribution in [0, 0.1) is 45.4 Å². The number of aryl methyl sites for hydroxylation is 3. The molecule has 5 nitrogen and oxygen atoms in total. The fourth-order valence-corrected chi connectivity index (χ4v) is 9.92. The third kappa shape index (κ3) is 4.91. The maximum absolute atomic E-state index is 14.2. The zero-order chi connectivity index (χ0) is 32.6. The highest BCUT2D eigenvalue weighted by molar-refractivity contribution is 7.81. The first-order valence-electron chi connectivity index (χ1n) is 17.0. The summed E-state index contributed by atoms with van der Waals surface area (Å²) in [6, 6.07) is 26.5. The average molecular weight is 640 g/mol. The van der Waals surface area contributed by atoms with E-state index in [1.807, 2.05) is 62.4 Å². The fraction of sp³-hybridized carbons (Fsp3) is 0.341. The highest BCUT2D eigenvalue weighted by atomic mass is 32.1. The second-order valence-electron chi connectivity index (χ2n) is 14.6. The van der Waals surface area contributed by atoms with Crippen LogP contribution in [0.4, 0.5) is 11.4 Å². The number of aromatic nitrogens is 1. The van der Waals surface area contributed by atoms with Gasteiger partial charge in [-0.3, -0.25) is 19.4 Å². The second-order valence-corrected chi connectivity index (χ2v) is 15.0. The maximum atomic E-state index is 14.2. The Bertz CT molecular complexity index is 1930. The molecule has 6 heteroatoms. The largest absolute Gasteiger partial charge is 0.318 e. The van der Waals surface area contributed by atoms with Gasteiger partial charge in [-0.1, -0.05) is 36.4 Å². The van der Waals surface area contributed by atoms with Crippen LogP contribution in [0.2, 0.25) is 0 Å². The first-order chi connectivity index (χ1) is 22.6. The first-order valence-corrected chi connectivity index (χ1v) is 17.4. The Balaban J connectivity index is 1.16. The van der Waals surface area contributed by atoms with Gasteiger partial charge < -0.3 is 4.57 Å². The molecule has 4 aromatic rings. The van der Waals surface area contributed by atoms with E-state index in [0.717, 1.165) is 51.5 Å². The Hall–Kier alpha value is -4.29. The SMILES string of the molecule is Cc1ccc(N2C(=O)/C(=C\c3cc(C)n(-c4ccc(C56CC7CC(CC(C7)C5)C6)cc4)c3C)C(=O)N(c3ccccc3)C2=S)cc1C. The molecule has 1 aromatic heterocycles. The molecular weight excluding hydrogens is 599 g/mol. The molecule has 1 saturated heterocycles. The molecular formula is C41H41N3O2S. The van der Waals surface area contributed by atoms with E-state index in [0.29, 0.717) is 16.8 Å². The molecule has 4 aliphatic carbocycles. The predicted octanol–water partition coefficient (Wildman–Crippen LogP) is 8.93. The van der Waals surface area contributed by atoms with Gasteiger partial charge in [-0.2, -0.15) is 0 Å². The van der Waals surface area contributed by atoms with Crippen molar-refractivity contribution in [2.24, 2.45) is 17.8 Å². The standard InChI is InChI=1S/C41H41N3O2S/c1-25-10-13-36(16-26(25)2)44-39(46)37(38(45)43(40(44)47)34-8-6-5-7-9-34)21-32-17-27(3)42(28(32)4)35-14-11-33(12-15-35)41-22-29-18-30(23-41)20-31(19-29)24-41/h5-17,21,29-31H,18-20,22-24H2,1-4H3/b37-21-. The number of carbonyl (C=O) groups is 2. The second kappa shape index (κ2) is 11.2. The lowest BCUT2D eigenvalue weighted by molar-refractivity contribution is -0.120. The van der Waals surface area contributed by atoms with Crippen LogP contribution in [-0.2, 0) is 15.0 Å². The van der Waals surface area contributed by atoms with Gasteiger partial charge >= 0.3 is 0 Å². The van der Waals surface area contributed by atoms with Crippen LogP contribution in [0.25, 0.3) is 11.8 Å². The zero-order valence-electron chi connectivity index (χ0n) is 27.6. The molecule has 2 amide bonds. The molecule has 2 heterocycles. The Morgan fingerprint density at radius 1 is 0.681 bits per heavy atom. The molecule has 9 rings (SSSR count). The normalized spacial score (nSPS) is 26.2. The molecule has 4 saturated carbocycles. The van der Waals surface area contributed by atoms with E-state index < -0.39 is 11.8 Å². The first kappa shape index (κ1) is 30.1. The minimum Gasteiger partial charge on any atom is -0.318 e. The Labute approximate surface area is 282 Å². The van der Waals surface area contributed by atoms with Gasteiger partial charge in [0.2, 0.25) is 0 Å². The minimum atomic E-state index is -0.420. The van der Waals surface area contributed by atoms with Crippen molar-refractivity contribution in [1.82, 2.24) is 4.57 Å². The van der Waals surface area contributed by atoms with Crippen LogP contribution in [-0.4, -0.2) is 21.5 Å². The van der Waals surface area contributed by atoms with E-state index in [1.165, 1.54) is 53.9 Å². The van der Waals surface area contributed by atoms with E-state index in [9.17, 15) is 9.59 Å². The van der Waals surface area contributed by atoms with E-state index in [-0.39, 0.29) is 10.7 Å². The number of carbonyl (C=O) groups excluding carboxylic acids is 2. The number of thiocarbonyl (C=S) groups is 1. The molecule has 1 aliphatic heterocycles.